The highest BCUT2D eigenvalue weighted by Gasteiger charge is 2.28. The molecule has 2 saturated heterocycles. The molecule has 0 saturated carbocycles. The third kappa shape index (κ3) is 2.95. The number of aliphatic hydroxyl groups excluding tert-OH is 1. The van der Waals surface area contributed by atoms with E-state index in [-0.39, 0.29) is 31.0 Å². The van der Waals surface area contributed by atoms with Crippen LogP contribution < -0.4 is 5.32 Å². The maximum absolute atomic E-state index is 11.9. The molecule has 2 rings (SSSR count). The molecule has 2 fully saturated rings. The maximum Gasteiger partial charge on any atom is 0.324 e. The Morgan fingerprint density at radius 1 is 1.47 bits per heavy atom. The van der Waals surface area contributed by atoms with Crippen LogP contribution in [0.25, 0.3) is 0 Å². The van der Waals surface area contributed by atoms with Crippen LogP contribution in [0.15, 0.2) is 0 Å². The number of likely N-dealkylation sites (tertiary alicyclic amines) is 1. The number of imide groups is 1. The van der Waals surface area contributed by atoms with Crippen LogP contribution in [-0.2, 0) is 4.79 Å². The highest BCUT2D eigenvalue weighted by Crippen LogP contribution is 2.15. The van der Waals surface area contributed by atoms with Crippen molar-refractivity contribution in [2.45, 2.75) is 12.8 Å². The summed E-state index contributed by atoms with van der Waals surface area (Å²) in [5.41, 5.74) is 0. The van der Waals surface area contributed by atoms with E-state index < -0.39 is 0 Å². The SMILES string of the molecule is O=C(CN1CCCC(CO)C1)N1CCNC1=O. The van der Waals surface area contributed by atoms with Gasteiger partial charge in [-0.15, -0.1) is 0 Å². The van der Waals surface area contributed by atoms with Gasteiger partial charge in [-0.1, -0.05) is 0 Å². The van der Waals surface area contributed by atoms with Crippen molar-refractivity contribution in [3.05, 3.63) is 0 Å². The lowest BCUT2D eigenvalue weighted by molar-refractivity contribution is -0.129. The summed E-state index contributed by atoms with van der Waals surface area (Å²) in [5.74, 6) is 0.127. The first-order valence-corrected chi connectivity index (χ1v) is 6.12. The molecule has 0 bridgehead atoms. The Labute approximate surface area is 101 Å². The highest BCUT2D eigenvalue weighted by atomic mass is 16.3. The molecular weight excluding hydrogens is 222 g/mol. The van der Waals surface area contributed by atoms with Crippen LogP contribution in [0.5, 0.6) is 0 Å². The number of nitrogens with one attached hydrogen (secondary N) is 1. The zero-order valence-electron chi connectivity index (χ0n) is 9.89. The van der Waals surface area contributed by atoms with Crippen LogP contribution in [-0.4, -0.2) is 66.2 Å². The first kappa shape index (κ1) is 12.3. The van der Waals surface area contributed by atoms with Gasteiger partial charge in [-0.3, -0.25) is 14.6 Å². The van der Waals surface area contributed by atoms with Gasteiger partial charge in [0.2, 0.25) is 5.91 Å². The highest BCUT2D eigenvalue weighted by molar-refractivity contribution is 5.96. The van der Waals surface area contributed by atoms with Crippen molar-refractivity contribution in [2.24, 2.45) is 5.92 Å². The summed E-state index contributed by atoms with van der Waals surface area (Å²) in [4.78, 5) is 26.5. The maximum atomic E-state index is 11.9. The van der Waals surface area contributed by atoms with Crippen LogP contribution >= 0.6 is 0 Å². The summed E-state index contributed by atoms with van der Waals surface area (Å²) < 4.78 is 0. The molecule has 0 aromatic heterocycles. The van der Waals surface area contributed by atoms with Gasteiger partial charge in [0.1, 0.15) is 0 Å². The smallest absolute Gasteiger partial charge is 0.324 e. The number of nitrogens with zero attached hydrogens (tertiary/aromatic N) is 2. The molecular formula is C11H19N3O3. The molecule has 0 aromatic rings. The lowest BCUT2D eigenvalue weighted by Crippen LogP contribution is -2.45. The summed E-state index contributed by atoms with van der Waals surface area (Å²) in [6, 6.07) is -0.286. The number of piperidine rings is 1. The number of amides is 3. The molecule has 0 aliphatic carbocycles. The van der Waals surface area contributed by atoms with Crippen LogP contribution in [0.4, 0.5) is 4.79 Å². The van der Waals surface area contributed by atoms with Gasteiger partial charge in [-0.05, 0) is 25.3 Å². The molecule has 2 heterocycles. The number of carbonyl (C=O) groups excluding carboxylic acids is 2. The molecule has 6 nitrogen and oxygen atoms in total. The third-order valence-electron chi connectivity index (χ3n) is 3.38. The molecule has 1 unspecified atom stereocenters. The van der Waals surface area contributed by atoms with Gasteiger partial charge in [-0.25, -0.2) is 4.79 Å². The first-order chi connectivity index (χ1) is 8.20. The minimum atomic E-state index is -0.286. The fourth-order valence-corrected chi connectivity index (χ4v) is 2.43. The van der Waals surface area contributed by atoms with Crippen LogP contribution in [0.1, 0.15) is 12.8 Å². The second-order valence-corrected chi connectivity index (χ2v) is 4.70. The predicted molar refractivity (Wildman–Crippen MR) is 61.4 cm³/mol. The number of hydrogen-bond acceptors (Lipinski definition) is 4. The van der Waals surface area contributed by atoms with Crippen molar-refractivity contribution in [1.29, 1.82) is 0 Å². The molecule has 0 spiro atoms. The quantitative estimate of drug-likeness (QED) is 0.681. The second kappa shape index (κ2) is 5.46. The Balaban J connectivity index is 1.83. The Bertz CT molecular complexity index is 308. The van der Waals surface area contributed by atoms with E-state index in [1.807, 2.05) is 4.90 Å². The fraction of sp³-hybridized carbons (Fsp3) is 0.818. The van der Waals surface area contributed by atoms with Gasteiger partial charge >= 0.3 is 6.03 Å². The van der Waals surface area contributed by atoms with Crippen LogP contribution in [0, 0.1) is 5.92 Å². The van der Waals surface area contributed by atoms with Gasteiger partial charge in [0.25, 0.3) is 0 Å². The second-order valence-electron chi connectivity index (χ2n) is 4.70. The van der Waals surface area contributed by atoms with E-state index in [1.54, 1.807) is 0 Å². The van der Waals surface area contributed by atoms with Gasteiger partial charge in [0.05, 0.1) is 6.54 Å². The summed E-state index contributed by atoms with van der Waals surface area (Å²) in [7, 11) is 0. The predicted octanol–water partition coefficient (Wildman–Crippen LogP) is -0.757. The fourth-order valence-electron chi connectivity index (χ4n) is 2.43. The van der Waals surface area contributed by atoms with E-state index in [1.165, 1.54) is 4.90 Å². The third-order valence-corrected chi connectivity index (χ3v) is 3.38. The molecule has 3 amide bonds. The lowest BCUT2D eigenvalue weighted by Gasteiger charge is -2.31. The summed E-state index contributed by atoms with van der Waals surface area (Å²) in [6.07, 6.45) is 2.02. The molecule has 1 atom stereocenters. The Morgan fingerprint density at radius 2 is 2.29 bits per heavy atom. The molecule has 2 N–H and O–H groups in total. The molecule has 17 heavy (non-hydrogen) atoms. The van der Waals surface area contributed by atoms with Crippen molar-refractivity contribution in [3.63, 3.8) is 0 Å². The summed E-state index contributed by atoms with van der Waals surface area (Å²) >= 11 is 0. The van der Waals surface area contributed by atoms with E-state index >= 15 is 0 Å². The molecule has 0 aromatic carbocycles. The Kier molecular flexibility index (Phi) is 3.96. The topological polar surface area (TPSA) is 72.9 Å². The standard InChI is InChI=1S/C11H19N3O3/c15-8-9-2-1-4-13(6-9)7-10(16)14-5-3-12-11(14)17/h9,15H,1-8H2,(H,12,17). The Morgan fingerprint density at radius 3 is 2.94 bits per heavy atom. The van der Waals surface area contributed by atoms with Crippen molar-refractivity contribution >= 4 is 11.9 Å². The van der Waals surface area contributed by atoms with Crippen LogP contribution in [0.3, 0.4) is 0 Å². The van der Waals surface area contributed by atoms with Crippen molar-refractivity contribution in [2.75, 3.05) is 39.3 Å². The van der Waals surface area contributed by atoms with Gasteiger partial charge in [-0.2, -0.15) is 0 Å². The minimum Gasteiger partial charge on any atom is -0.396 e. The van der Waals surface area contributed by atoms with E-state index in [0.717, 1.165) is 25.9 Å². The van der Waals surface area contributed by atoms with E-state index in [4.69, 9.17) is 5.11 Å². The van der Waals surface area contributed by atoms with Crippen LogP contribution in [0.2, 0.25) is 0 Å². The van der Waals surface area contributed by atoms with Crippen molar-refractivity contribution < 1.29 is 14.7 Å². The number of carbonyl (C=O) groups is 2. The average Bonchev–Trinajstić information content (AvgIpc) is 2.76. The van der Waals surface area contributed by atoms with Gasteiger partial charge < -0.3 is 10.4 Å². The van der Waals surface area contributed by atoms with E-state index in [2.05, 4.69) is 5.32 Å². The molecule has 0 radical (unpaired) electrons. The van der Waals surface area contributed by atoms with Gasteiger partial charge in [0, 0.05) is 26.2 Å². The van der Waals surface area contributed by atoms with E-state index in [9.17, 15) is 9.59 Å². The largest absolute Gasteiger partial charge is 0.396 e. The van der Waals surface area contributed by atoms with Crippen molar-refractivity contribution in [3.8, 4) is 0 Å². The number of hydrogen-bond donors (Lipinski definition) is 2. The number of urea groups is 1. The van der Waals surface area contributed by atoms with Crippen molar-refractivity contribution in [1.82, 2.24) is 15.1 Å². The first-order valence-electron chi connectivity index (χ1n) is 6.12. The number of aliphatic hydroxyl groups is 1. The molecule has 96 valence electrons. The lowest BCUT2D eigenvalue weighted by atomic mass is 9.99. The van der Waals surface area contributed by atoms with Gasteiger partial charge in [0.15, 0.2) is 0 Å². The number of rotatable bonds is 3. The van der Waals surface area contributed by atoms with E-state index in [0.29, 0.717) is 13.1 Å². The molecule has 6 heteroatoms. The molecule has 2 aliphatic rings. The normalized spacial score (nSPS) is 26.1. The minimum absolute atomic E-state index is 0.140. The summed E-state index contributed by atoms with van der Waals surface area (Å²) in [5, 5.41) is 11.7. The zero-order chi connectivity index (χ0) is 12.3. The monoisotopic (exact) mass is 241 g/mol. The summed E-state index contributed by atoms with van der Waals surface area (Å²) in [6.45, 7) is 3.09. The molecule has 2 aliphatic heterocycles. The Hall–Kier alpha value is -1.14. The average molecular weight is 241 g/mol. The zero-order valence-corrected chi connectivity index (χ0v) is 9.89.